The molecular formula is C18H21N3O2. The maximum Gasteiger partial charge on any atom is 0.321 e. The van der Waals surface area contributed by atoms with E-state index in [9.17, 15) is 4.79 Å². The molecule has 0 atom stereocenters. The lowest BCUT2D eigenvalue weighted by Crippen LogP contribution is -2.38. The van der Waals surface area contributed by atoms with Crippen LogP contribution in [0.1, 0.15) is 11.1 Å². The molecule has 120 valence electrons. The third kappa shape index (κ3) is 5.92. The van der Waals surface area contributed by atoms with E-state index in [2.05, 4.69) is 10.3 Å². The van der Waals surface area contributed by atoms with Gasteiger partial charge in [0, 0.05) is 25.1 Å². The molecule has 1 heterocycles. The first kappa shape index (κ1) is 16.7. The summed E-state index contributed by atoms with van der Waals surface area (Å²) < 4.78 is 0. The highest BCUT2D eigenvalue weighted by Crippen LogP contribution is 2.03. The van der Waals surface area contributed by atoms with Crippen LogP contribution in [0.5, 0.6) is 0 Å². The number of hydrogen-bond donors (Lipinski definition) is 2. The predicted molar refractivity (Wildman–Crippen MR) is 90.6 cm³/mol. The third-order valence-electron chi connectivity index (χ3n) is 3.26. The summed E-state index contributed by atoms with van der Waals surface area (Å²) >= 11 is 0. The largest absolute Gasteiger partial charge is 0.395 e. The number of urea groups is 1. The number of pyridine rings is 1. The summed E-state index contributed by atoms with van der Waals surface area (Å²) in [5.41, 5.74) is 2.07. The highest BCUT2D eigenvalue weighted by atomic mass is 16.3. The van der Waals surface area contributed by atoms with Crippen molar-refractivity contribution in [2.45, 2.75) is 6.42 Å². The fraction of sp³-hybridized carbons (Fsp3) is 0.222. The molecule has 0 fully saturated rings. The van der Waals surface area contributed by atoms with Gasteiger partial charge in [0.05, 0.1) is 13.2 Å². The fourth-order valence-corrected chi connectivity index (χ4v) is 2.05. The average molecular weight is 311 g/mol. The standard InChI is InChI=1S/C18H21N3O2/c22-14-13-21(12-9-16-5-2-1-3-6-16)18(23)20-11-8-17-7-4-10-19-15-17/h1-7,9-10,12,15,22H,8,11,13-14H2,(H,20,23). The van der Waals surface area contributed by atoms with Gasteiger partial charge >= 0.3 is 6.03 Å². The predicted octanol–water partition coefficient (Wildman–Crippen LogP) is 2.30. The number of nitrogens with zero attached hydrogens (tertiary/aromatic N) is 2. The molecule has 2 rings (SSSR count). The zero-order chi connectivity index (χ0) is 16.3. The molecule has 0 spiro atoms. The van der Waals surface area contributed by atoms with Crippen LogP contribution in [0.4, 0.5) is 4.79 Å². The summed E-state index contributed by atoms with van der Waals surface area (Å²) in [5.74, 6) is 0. The van der Waals surface area contributed by atoms with Crippen LogP contribution in [0.3, 0.4) is 0 Å². The minimum Gasteiger partial charge on any atom is -0.395 e. The summed E-state index contributed by atoms with van der Waals surface area (Å²) in [6, 6.07) is 13.3. The Morgan fingerprint density at radius 2 is 2.04 bits per heavy atom. The molecule has 0 saturated heterocycles. The molecule has 0 aliphatic rings. The second-order valence-electron chi connectivity index (χ2n) is 4.99. The number of aromatic nitrogens is 1. The second kappa shape index (κ2) is 9.38. The topological polar surface area (TPSA) is 65.5 Å². The Hall–Kier alpha value is -2.66. The first-order chi connectivity index (χ1) is 11.3. The lowest BCUT2D eigenvalue weighted by Gasteiger charge is -2.18. The van der Waals surface area contributed by atoms with E-state index in [0.29, 0.717) is 6.54 Å². The summed E-state index contributed by atoms with van der Waals surface area (Å²) in [5, 5.41) is 12.0. The van der Waals surface area contributed by atoms with Crippen molar-refractivity contribution in [3.05, 3.63) is 72.2 Å². The molecule has 0 bridgehead atoms. The van der Waals surface area contributed by atoms with Crippen LogP contribution in [0.25, 0.3) is 6.08 Å². The Balaban J connectivity index is 1.86. The van der Waals surface area contributed by atoms with E-state index in [0.717, 1.165) is 17.5 Å². The number of aliphatic hydroxyl groups is 1. The number of hydrogen-bond acceptors (Lipinski definition) is 3. The van der Waals surface area contributed by atoms with Crippen molar-refractivity contribution >= 4 is 12.1 Å². The van der Waals surface area contributed by atoms with Gasteiger partial charge in [-0.2, -0.15) is 0 Å². The molecular weight excluding hydrogens is 290 g/mol. The monoisotopic (exact) mass is 311 g/mol. The van der Waals surface area contributed by atoms with Gasteiger partial charge in [0.15, 0.2) is 0 Å². The first-order valence-electron chi connectivity index (χ1n) is 7.57. The lowest BCUT2D eigenvalue weighted by atomic mass is 10.2. The molecule has 0 aliphatic heterocycles. The summed E-state index contributed by atoms with van der Waals surface area (Å²) in [6.07, 6.45) is 7.75. The van der Waals surface area contributed by atoms with Crippen LogP contribution in [-0.4, -0.2) is 40.7 Å². The summed E-state index contributed by atoms with van der Waals surface area (Å²) in [6.45, 7) is 0.683. The van der Waals surface area contributed by atoms with Crippen LogP contribution in [-0.2, 0) is 6.42 Å². The Morgan fingerprint density at radius 1 is 1.22 bits per heavy atom. The Labute approximate surface area is 136 Å². The Kier molecular flexibility index (Phi) is 6.81. The maximum absolute atomic E-state index is 12.2. The zero-order valence-electron chi connectivity index (χ0n) is 12.9. The number of amides is 2. The number of benzene rings is 1. The number of rotatable bonds is 7. The fourth-order valence-electron chi connectivity index (χ4n) is 2.05. The van der Waals surface area contributed by atoms with Crippen LogP contribution >= 0.6 is 0 Å². The van der Waals surface area contributed by atoms with E-state index in [1.807, 2.05) is 48.5 Å². The van der Waals surface area contributed by atoms with Gasteiger partial charge in [0.1, 0.15) is 0 Å². The van der Waals surface area contributed by atoms with Gasteiger partial charge in [0.25, 0.3) is 0 Å². The quantitative estimate of drug-likeness (QED) is 0.824. The molecule has 0 saturated carbocycles. The van der Waals surface area contributed by atoms with Crippen LogP contribution < -0.4 is 5.32 Å². The SMILES string of the molecule is O=C(NCCc1cccnc1)N(C=Cc1ccccc1)CCO. The summed E-state index contributed by atoms with van der Waals surface area (Å²) in [4.78, 5) is 17.7. The van der Waals surface area contributed by atoms with Gasteiger partial charge in [-0.05, 0) is 29.7 Å². The number of aliphatic hydroxyl groups excluding tert-OH is 1. The molecule has 1 aromatic heterocycles. The van der Waals surface area contributed by atoms with Gasteiger partial charge in [0.2, 0.25) is 0 Å². The highest BCUT2D eigenvalue weighted by molar-refractivity contribution is 5.76. The maximum atomic E-state index is 12.2. The van der Waals surface area contributed by atoms with Crippen molar-refractivity contribution < 1.29 is 9.90 Å². The molecule has 23 heavy (non-hydrogen) atoms. The van der Waals surface area contributed by atoms with E-state index in [-0.39, 0.29) is 19.2 Å². The van der Waals surface area contributed by atoms with E-state index in [1.54, 1.807) is 18.6 Å². The lowest BCUT2D eigenvalue weighted by molar-refractivity contribution is 0.199. The molecule has 5 heteroatoms. The number of nitrogens with one attached hydrogen (secondary N) is 1. The van der Waals surface area contributed by atoms with Crippen molar-refractivity contribution in [3.63, 3.8) is 0 Å². The molecule has 1 aromatic carbocycles. The van der Waals surface area contributed by atoms with Gasteiger partial charge in [-0.25, -0.2) is 4.79 Å². The Bertz CT molecular complexity index is 615. The summed E-state index contributed by atoms with van der Waals surface area (Å²) in [7, 11) is 0. The van der Waals surface area contributed by atoms with Crippen molar-refractivity contribution in [1.29, 1.82) is 0 Å². The number of carbonyl (C=O) groups is 1. The second-order valence-corrected chi connectivity index (χ2v) is 4.99. The van der Waals surface area contributed by atoms with Crippen LogP contribution in [0.2, 0.25) is 0 Å². The average Bonchev–Trinajstić information content (AvgIpc) is 2.60. The third-order valence-corrected chi connectivity index (χ3v) is 3.26. The molecule has 5 nitrogen and oxygen atoms in total. The van der Waals surface area contributed by atoms with E-state index in [1.165, 1.54) is 4.90 Å². The first-order valence-corrected chi connectivity index (χ1v) is 7.57. The molecule has 0 radical (unpaired) electrons. The number of carbonyl (C=O) groups excluding carboxylic acids is 1. The molecule has 0 unspecified atom stereocenters. The van der Waals surface area contributed by atoms with Crippen molar-refractivity contribution in [3.8, 4) is 0 Å². The zero-order valence-corrected chi connectivity index (χ0v) is 12.9. The molecule has 2 N–H and O–H groups in total. The molecule has 2 aromatic rings. The van der Waals surface area contributed by atoms with E-state index >= 15 is 0 Å². The van der Waals surface area contributed by atoms with Crippen LogP contribution in [0, 0.1) is 0 Å². The molecule has 2 amide bonds. The van der Waals surface area contributed by atoms with E-state index in [4.69, 9.17) is 5.11 Å². The van der Waals surface area contributed by atoms with Crippen molar-refractivity contribution in [2.24, 2.45) is 0 Å². The van der Waals surface area contributed by atoms with Gasteiger partial charge in [-0.15, -0.1) is 0 Å². The minimum atomic E-state index is -0.227. The highest BCUT2D eigenvalue weighted by Gasteiger charge is 2.09. The molecule has 0 aliphatic carbocycles. The van der Waals surface area contributed by atoms with Crippen LogP contribution in [0.15, 0.2) is 61.1 Å². The van der Waals surface area contributed by atoms with Crippen molar-refractivity contribution in [2.75, 3.05) is 19.7 Å². The minimum absolute atomic E-state index is 0.0881. The van der Waals surface area contributed by atoms with Gasteiger partial charge < -0.3 is 10.4 Å². The van der Waals surface area contributed by atoms with Gasteiger partial charge in [-0.1, -0.05) is 36.4 Å². The normalized spacial score (nSPS) is 10.7. The smallest absolute Gasteiger partial charge is 0.321 e. The van der Waals surface area contributed by atoms with E-state index < -0.39 is 0 Å². The van der Waals surface area contributed by atoms with Gasteiger partial charge in [-0.3, -0.25) is 9.88 Å². The Morgan fingerprint density at radius 3 is 2.74 bits per heavy atom. The van der Waals surface area contributed by atoms with Crippen molar-refractivity contribution in [1.82, 2.24) is 15.2 Å².